The van der Waals surface area contributed by atoms with Crippen LogP contribution in [0.5, 0.6) is 0 Å². The molecule has 0 aliphatic carbocycles. The summed E-state index contributed by atoms with van der Waals surface area (Å²) in [7, 11) is 0. The average Bonchev–Trinajstić information content (AvgIpc) is 2.18. The zero-order valence-corrected chi connectivity index (χ0v) is 8.70. The van der Waals surface area contributed by atoms with Crippen LogP contribution in [0, 0.1) is 5.92 Å². The maximum absolute atomic E-state index is 8.95. The van der Waals surface area contributed by atoms with Gasteiger partial charge in [0.25, 0.3) is 0 Å². The van der Waals surface area contributed by atoms with Crippen molar-refractivity contribution in [3.63, 3.8) is 0 Å². The van der Waals surface area contributed by atoms with Gasteiger partial charge in [-0.05, 0) is 5.92 Å². The minimum atomic E-state index is 0.0396. The summed E-state index contributed by atoms with van der Waals surface area (Å²) < 4.78 is 5.38. The van der Waals surface area contributed by atoms with Crippen LogP contribution in [0.15, 0.2) is 0 Å². The smallest absolute Gasteiger partial charge is 0.0932 e. The molecule has 3 nitrogen and oxygen atoms in total. The Hall–Kier alpha value is -0.120. The van der Waals surface area contributed by atoms with E-state index in [0.717, 1.165) is 32.2 Å². The molecule has 1 heterocycles. The Bertz CT molecular complexity index is 139. The van der Waals surface area contributed by atoms with E-state index in [1.807, 2.05) is 0 Å². The van der Waals surface area contributed by atoms with Gasteiger partial charge < -0.3 is 9.84 Å². The van der Waals surface area contributed by atoms with Gasteiger partial charge in [-0.3, -0.25) is 4.90 Å². The van der Waals surface area contributed by atoms with Crippen molar-refractivity contribution in [1.29, 1.82) is 0 Å². The summed E-state index contributed by atoms with van der Waals surface area (Å²) in [5.74, 6) is 0.748. The number of hydrogen-bond acceptors (Lipinski definition) is 3. The Morgan fingerprint density at radius 1 is 1.62 bits per heavy atom. The van der Waals surface area contributed by atoms with Crippen molar-refractivity contribution in [1.82, 2.24) is 4.90 Å². The van der Waals surface area contributed by atoms with Crippen LogP contribution in [-0.2, 0) is 4.74 Å². The Balaban J connectivity index is 2.25. The van der Waals surface area contributed by atoms with Crippen molar-refractivity contribution in [3.8, 4) is 0 Å². The van der Waals surface area contributed by atoms with Crippen molar-refractivity contribution in [2.24, 2.45) is 5.92 Å². The lowest BCUT2D eigenvalue weighted by Gasteiger charge is -2.33. The molecule has 0 radical (unpaired) electrons. The molecule has 2 atom stereocenters. The monoisotopic (exact) mass is 187 g/mol. The molecular weight excluding hydrogens is 166 g/mol. The van der Waals surface area contributed by atoms with Gasteiger partial charge in [0.15, 0.2) is 0 Å². The number of ether oxygens (including phenoxy) is 1. The molecule has 13 heavy (non-hydrogen) atoms. The zero-order chi connectivity index (χ0) is 9.68. The second-order valence-corrected chi connectivity index (χ2v) is 3.95. The molecule has 0 aromatic heterocycles. The minimum Gasteiger partial charge on any atom is -0.394 e. The molecule has 0 saturated carbocycles. The molecule has 1 aliphatic heterocycles. The molecule has 0 spiro atoms. The van der Waals surface area contributed by atoms with E-state index in [1.165, 1.54) is 6.42 Å². The van der Waals surface area contributed by atoms with E-state index in [2.05, 4.69) is 18.7 Å². The highest BCUT2D eigenvalue weighted by Crippen LogP contribution is 2.09. The standard InChI is InChI=1S/C10H21NO2/c1-3-9(2)6-11-4-5-13-10(7-11)8-12/h9-10,12H,3-8H2,1-2H3. The number of rotatable bonds is 4. The molecular formula is C10H21NO2. The van der Waals surface area contributed by atoms with Gasteiger partial charge in [0, 0.05) is 19.6 Å². The van der Waals surface area contributed by atoms with E-state index in [0.29, 0.717) is 0 Å². The number of aliphatic hydroxyl groups excluding tert-OH is 1. The molecule has 0 aromatic carbocycles. The SMILES string of the molecule is CCC(C)CN1CCOC(CO)C1. The third-order valence-corrected chi connectivity index (χ3v) is 2.69. The van der Waals surface area contributed by atoms with Crippen LogP contribution >= 0.6 is 0 Å². The molecule has 1 saturated heterocycles. The Labute approximate surface area is 80.7 Å². The lowest BCUT2D eigenvalue weighted by Crippen LogP contribution is -2.45. The summed E-state index contributed by atoms with van der Waals surface area (Å²) in [6.45, 7) is 8.44. The fourth-order valence-electron chi connectivity index (χ4n) is 1.63. The van der Waals surface area contributed by atoms with E-state index >= 15 is 0 Å². The molecule has 78 valence electrons. The van der Waals surface area contributed by atoms with Gasteiger partial charge in [-0.15, -0.1) is 0 Å². The van der Waals surface area contributed by atoms with E-state index in [1.54, 1.807) is 0 Å². The Morgan fingerprint density at radius 2 is 2.38 bits per heavy atom. The number of morpholine rings is 1. The first-order valence-corrected chi connectivity index (χ1v) is 5.21. The van der Waals surface area contributed by atoms with E-state index in [4.69, 9.17) is 9.84 Å². The van der Waals surface area contributed by atoms with Gasteiger partial charge in [0.2, 0.25) is 0 Å². The summed E-state index contributed by atoms with van der Waals surface area (Å²) in [5.41, 5.74) is 0. The normalized spacial score (nSPS) is 27.5. The lowest BCUT2D eigenvalue weighted by molar-refractivity contribution is -0.0557. The highest BCUT2D eigenvalue weighted by Gasteiger charge is 2.20. The first-order chi connectivity index (χ1) is 6.26. The number of aliphatic hydroxyl groups is 1. The van der Waals surface area contributed by atoms with Crippen LogP contribution in [-0.4, -0.2) is 49.0 Å². The minimum absolute atomic E-state index is 0.0396. The van der Waals surface area contributed by atoms with Gasteiger partial charge in [-0.25, -0.2) is 0 Å². The van der Waals surface area contributed by atoms with Crippen LogP contribution in [0.2, 0.25) is 0 Å². The lowest BCUT2D eigenvalue weighted by atomic mass is 10.1. The molecule has 1 fully saturated rings. The molecule has 0 aromatic rings. The quantitative estimate of drug-likeness (QED) is 0.704. The third-order valence-electron chi connectivity index (χ3n) is 2.69. The third kappa shape index (κ3) is 3.63. The van der Waals surface area contributed by atoms with Crippen molar-refractivity contribution in [2.75, 3.05) is 32.8 Å². The van der Waals surface area contributed by atoms with Crippen LogP contribution in [0.25, 0.3) is 0 Å². The Morgan fingerprint density at radius 3 is 3.00 bits per heavy atom. The predicted octanol–water partition coefficient (Wildman–Crippen LogP) is 0.726. The predicted molar refractivity (Wildman–Crippen MR) is 52.7 cm³/mol. The van der Waals surface area contributed by atoms with Crippen molar-refractivity contribution < 1.29 is 9.84 Å². The first-order valence-electron chi connectivity index (χ1n) is 5.21. The molecule has 0 bridgehead atoms. The van der Waals surface area contributed by atoms with Gasteiger partial charge in [0.1, 0.15) is 0 Å². The van der Waals surface area contributed by atoms with Crippen molar-refractivity contribution in [3.05, 3.63) is 0 Å². The summed E-state index contributed by atoms with van der Waals surface area (Å²) in [5, 5.41) is 8.95. The highest BCUT2D eigenvalue weighted by atomic mass is 16.5. The zero-order valence-electron chi connectivity index (χ0n) is 8.70. The van der Waals surface area contributed by atoms with E-state index in [-0.39, 0.29) is 12.7 Å². The maximum atomic E-state index is 8.95. The summed E-state index contributed by atoms with van der Waals surface area (Å²) >= 11 is 0. The van der Waals surface area contributed by atoms with Crippen molar-refractivity contribution in [2.45, 2.75) is 26.4 Å². The van der Waals surface area contributed by atoms with Crippen LogP contribution in [0.3, 0.4) is 0 Å². The second-order valence-electron chi connectivity index (χ2n) is 3.95. The van der Waals surface area contributed by atoms with Gasteiger partial charge in [-0.2, -0.15) is 0 Å². The van der Waals surface area contributed by atoms with Gasteiger partial charge in [0.05, 0.1) is 19.3 Å². The maximum Gasteiger partial charge on any atom is 0.0932 e. The van der Waals surface area contributed by atoms with Crippen molar-refractivity contribution >= 4 is 0 Å². The summed E-state index contributed by atoms with van der Waals surface area (Å²) in [4.78, 5) is 2.39. The second kappa shape index (κ2) is 5.58. The molecule has 1 rings (SSSR count). The number of hydrogen-bond donors (Lipinski definition) is 1. The molecule has 1 aliphatic rings. The average molecular weight is 187 g/mol. The van der Waals surface area contributed by atoms with Crippen LogP contribution < -0.4 is 0 Å². The summed E-state index contributed by atoms with van der Waals surface area (Å²) in [6, 6.07) is 0. The van der Waals surface area contributed by atoms with E-state index < -0.39 is 0 Å². The fraction of sp³-hybridized carbons (Fsp3) is 1.00. The molecule has 3 heteroatoms. The summed E-state index contributed by atoms with van der Waals surface area (Å²) in [6.07, 6.45) is 1.26. The topological polar surface area (TPSA) is 32.7 Å². The van der Waals surface area contributed by atoms with Gasteiger partial charge in [-0.1, -0.05) is 20.3 Å². The van der Waals surface area contributed by atoms with Crippen LogP contribution in [0.4, 0.5) is 0 Å². The molecule has 1 N–H and O–H groups in total. The highest BCUT2D eigenvalue weighted by molar-refractivity contribution is 4.71. The van der Waals surface area contributed by atoms with Crippen LogP contribution in [0.1, 0.15) is 20.3 Å². The van der Waals surface area contributed by atoms with Gasteiger partial charge >= 0.3 is 0 Å². The largest absolute Gasteiger partial charge is 0.394 e. The van der Waals surface area contributed by atoms with E-state index in [9.17, 15) is 0 Å². The molecule has 2 unspecified atom stereocenters. The first kappa shape index (κ1) is 11.0. The molecule has 0 amide bonds. The fourth-order valence-corrected chi connectivity index (χ4v) is 1.63. The number of nitrogens with zero attached hydrogens (tertiary/aromatic N) is 1. The Kier molecular flexibility index (Phi) is 4.70.